The van der Waals surface area contributed by atoms with E-state index in [0.29, 0.717) is 28.3 Å². The summed E-state index contributed by atoms with van der Waals surface area (Å²) in [4.78, 5) is 24.9. The van der Waals surface area contributed by atoms with Crippen LogP contribution < -0.4 is 5.32 Å². The lowest BCUT2D eigenvalue weighted by Gasteiger charge is -2.12. The lowest BCUT2D eigenvalue weighted by molar-refractivity contribution is 0.101. The molecule has 1 N–H and O–H groups in total. The van der Waals surface area contributed by atoms with Crippen molar-refractivity contribution in [3.63, 3.8) is 0 Å². The highest BCUT2D eigenvalue weighted by Gasteiger charge is 2.21. The Morgan fingerprint density at radius 3 is 2.31 bits per heavy atom. The van der Waals surface area contributed by atoms with Crippen molar-refractivity contribution in [2.45, 2.75) is 6.92 Å². The summed E-state index contributed by atoms with van der Waals surface area (Å²) < 4.78 is 16.6. The maximum atomic E-state index is 13.3. The van der Waals surface area contributed by atoms with Crippen LogP contribution in [0.5, 0.6) is 0 Å². The third kappa shape index (κ3) is 3.58. The van der Waals surface area contributed by atoms with E-state index in [9.17, 15) is 14.0 Å². The van der Waals surface area contributed by atoms with E-state index in [1.165, 1.54) is 25.3 Å². The fraction of sp³-hybridized carbons (Fsp3) is 0.0455. The largest absolute Gasteiger partial charge is 0.321 e. The third-order valence-electron chi connectivity index (χ3n) is 4.46. The summed E-state index contributed by atoms with van der Waals surface area (Å²) in [6, 6.07) is 16.3. The van der Waals surface area contributed by atoms with E-state index < -0.39 is 5.91 Å². The summed E-state index contributed by atoms with van der Waals surface area (Å²) in [5, 5.41) is 7.14. The van der Waals surface area contributed by atoms with Gasteiger partial charge in [0.15, 0.2) is 11.6 Å². The minimum absolute atomic E-state index is 0.145. The zero-order chi connectivity index (χ0) is 20.4. The van der Waals surface area contributed by atoms with Gasteiger partial charge in [-0.25, -0.2) is 9.07 Å². The van der Waals surface area contributed by atoms with Crippen LogP contribution in [0.2, 0.25) is 0 Å². The zero-order valence-corrected chi connectivity index (χ0v) is 15.5. The van der Waals surface area contributed by atoms with E-state index in [1.807, 2.05) is 12.1 Å². The molecular formula is C22H17FN4O2. The number of amides is 1. The minimum atomic E-state index is -0.407. The number of nitrogens with one attached hydrogen (secondary N) is 1. The number of anilines is 1. The standard InChI is InChI=1S/C22H17FN4O2/c1-15(28)18-6-2-3-7-20(18)25-21(29)19-14-24-27(17-10-8-16(23)9-11-17)22(19)26-12-4-5-13-26/h2-14H,1H3,(H,25,29). The number of nitrogens with zero attached hydrogens (tertiary/aromatic N) is 3. The van der Waals surface area contributed by atoms with Gasteiger partial charge in [0.1, 0.15) is 11.4 Å². The molecular weight excluding hydrogens is 371 g/mol. The van der Waals surface area contributed by atoms with Crippen LogP contribution >= 0.6 is 0 Å². The summed E-state index contributed by atoms with van der Waals surface area (Å²) in [7, 11) is 0. The van der Waals surface area contributed by atoms with Gasteiger partial charge >= 0.3 is 0 Å². The molecule has 144 valence electrons. The molecule has 0 radical (unpaired) electrons. The van der Waals surface area contributed by atoms with Crippen molar-refractivity contribution in [2.24, 2.45) is 0 Å². The van der Waals surface area contributed by atoms with Gasteiger partial charge in [-0.15, -0.1) is 0 Å². The molecule has 2 aromatic carbocycles. The summed E-state index contributed by atoms with van der Waals surface area (Å²) in [5.41, 5.74) is 1.77. The number of para-hydroxylation sites is 1. The molecule has 7 heteroatoms. The molecule has 0 aliphatic rings. The van der Waals surface area contributed by atoms with E-state index >= 15 is 0 Å². The minimum Gasteiger partial charge on any atom is -0.321 e. The van der Waals surface area contributed by atoms with Crippen molar-refractivity contribution in [1.29, 1.82) is 0 Å². The Kier molecular flexibility index (Phi) is 4.78. The van der Waals surface area contributed by atoms with Crippen LogP contribution in [0.15, 0.2) is 79.3 Å². The maximum absolute atomic E-state index is 13.3. The highest BCUT2D eigenvalue weighted by atomic mass is 19.1. The van der Waals surface area contributed by atoms with Crippen molar-refractivity contribution in [3.8, 4) is 11.5 Å². The topological polar surface area (TPSA) is 68.9 Å². The van der Waals surface area contributed by atoms with Crippen LogP contribution in [-0.2, 0) is 0 Å². The Bertz CT molecular complexity index is 1180. The third-order valence-corrected chi connectivity index (χ3v) is 4.46. The lowest BCUT2D eigenvalue weighted by atomic mass is 10.1. The number of carbonyl (C=O) groups is 2. The number of hydrogen-bond donors (Lipinski definition) is 1. The van der Waals surface area contributed by atoms with Gasteiger partial charge in [0.2, 0.25) is 0 Å². The van der Waals surface area contributed by atoms with Gasteiger partial charge in [-0.05, 0) is 55.5 Å². The molecule has 0 aliphatic carbocycles. The molecule has 0 bridgehead atoms. The van der Waals surface area contributed by atoms with Crippen LogP contribution in [0.3, 0.4) is 0 Å². The molecule has 0 spiro atoms. The Labute approximate surface area is 166 Å². The number of aromatic nitrogens is 3. The second-order valence-corrected chi connectivity index (χ2v) is 6.42. The van der Waals surface area contributed by atoms with E-state index in [1.54, 1.807) is 58.0 Å². The molecule has 0 atom stereocenters. The van der Waals surface area contributed by atoms with E-state index in [2.05, 4.69) is 10.4 Å². The number of benzene rings is 2. The van der Waals surface area contributed by atoms with Crippen LogP contribution in [0.4, 0.5) is 10.1 Å². The van der Waals surface area contributed by atoms with Gasteiger partial charge in [-0.3, -0.25) is 9.59 Å². The monoisotopic (exact) mass is 388 g/mol. The van der Waals surface area contributed by atoms with Crippen molar-refractivity contribution in [1.82, 2.24) is 14.3 Å². The van der Waals surface area contributed by atoms with Crippen molar-refractivity contribution in [2.75, 3.05) is 5.32 Å². The first-order chi connectivity index (χ1) is 14.0. The van der Waals surface area contributed by atoms with Gasteiger partial charge in [-0.2, -0.15) is 5.10 Å². The molecule has 1 amide bonds. The van der Waals surface area contributed by atoms with E-state index in [0.717, 1.165) is 0 Å². The molecule has 2 heterocycles. The number of rotatable bonds is 5. The first-order valence-electron chi connectivity index (χ1n) is 8.93. The SMILES string of the molecule is CC(=O)c1ccccc1NC(=O)c1cnn(-c2ccc(F)cc2)c1-n1cccc1. The first kappa shape index (κ1) is 18.4. The fourth-order valence-corrected chi connectivity index (χ4v) is 3.09. The Morgan fingerprint density at radius 2 is 1.62 bits per heavy atom. The highest BCUT2D eigenvalue weighted by molar-refractivity contribution is 6.10. The summed E-state index contributed by atoms with van der Waals surface area (Å²) >= 11 is 0. The van der Waals surface area contributed by atoms with Crippen LogP contribution in [0, 0.1) is 5.82 Å². The number of carbonyl (C=O) groups excluding carboxylic acids is 2. The van der Waals surface area contributed by atoms with Crippen molar-refractivity contribution < 1.29 is 14.0 Å². The average molecular weight is 388 g/mol. The van der Waals surface area contributed by atoms with Crippen molar-refractivity contribution >= 4 is 17.4 Å². The second kappa shape index (κ2) is 7.55. The summed E-state index contributed by atoms with van der Waals surface area (Å²) in [6.07, 6.45) is 5.03. The van der Waals surface area contributed by atoms with Crippen LogP contribution in [0.25, 0.3) is 11.5 Å². The maximum Gasteiger partial charge on any atom is 0.261 e. The molecule has 4 rings (SSSR count). The molecule has 4 aromatic rings. The molecule has 6 nitrogen and oxygen atoms in total. The van der Waals surface area contributed by atoms with Gasteiger partial charge in [0.25, 0.3) is 5.91 Å². The van der Waals surface area contributed by atoms with E-state index in [-0.39, 0.29) is 11.6 Å². The van der Waals surface area contributed by atoms with Crippen LogP contribution in [0.1, 0.15) is 27.6 Å². The molecule has 0 saturated heterocycles. The van der Waals surface area contributed by atoms with E-state index in [4.69, 9.17) is 0 Å². The van der Waals surface area contributed by atoms with Gasteiger partial charge in [-0.1, -0.05) is 12.1 Å². The number of ketones is 1. The summed E-state index contributed by atoms with van der Waals surface area (Å²) in [6.45, 7) is 1.45. The predicted octanol–water partition coefficient (Wildman–Crippen LogP) is 4.26. The lowest BCUT2D eigenvalue weighted by Crippen LogP contribution is -2.17. The molecule has 2 aromatic heterocycles. The van der Waals surface area contributed by atoms with Gasteiger partial charge < -0.3 is 9.88 Å². The smallest absolute Gasteiger partial charge is 0.261 e. The van der Waals surface area contributed by atoms with Crippen LogP contribution in [-0.4, -0.2) is 26.0 Å². The summed E-state index contributed by atoms with van der Waals surface area (Å²) in [5.74, 6) is -0.411. The molecule has 0 saturated carbocycles. The molecule has 0 fully saturated rings. The molecule has 0 aliphatic heterocycles. The quantitative estimate of drug-likeness (QED) is 0.520. The van der Waals surface area contributed by atoms with Crippen molar-refractivity contribution in [3.05, 3.63) is 96.2 Å². The number of Topliss-reactive ketones (excluding diaryl/α,β-unsaturated/α-hetero) is 1. The second-order valence-electron chi connectivity index (χ2n) is 6.42. The molecule has 0 unspecified atom stereocenters. The normalized spacial score (nSPS) is 10.7. The fourth-order valence-electron chi connectivity index (χ4n) is 3.09. The average Bonchev–Trinajstić information content (AvgIpc) is 3.38. The predicted molar refractivity (Wildman–Crippen MR) is 107 cm³/mol. The number of hydrogen-bond acceptors (Lipinski definition) is 3. The molecule has 29 heavy (non-hydrogen) atoms. The Balaban J connectivity index is 1.77. The van der Waals surface area contributed by atoms with Gasteiger partial charge in [0, 0.05) is 18.0 Å². The zero-order valence-electron chi connectivity index (χ0n) is 15.5. The Hall–Kier alpha value is -4.00. The number of halogens is 1. The van der Waals surface area contributed by atoms with Gasteiger partial charge in [0.05, 0.1) is 17.6 Å². The first-order valence-corrected chi connectivity index (χ1v) is 8.93. The highest BCUT2D eigenvalue weighted by Crippen LogP contribution is 2.23. The Morgan fingerprint density at radius 1 is 0.931 bits per heavy atom.